The number of ketones is 1. The first-order chi connectivity index (χ1) is 13.1. The van der Waals surface area contributed by atoms with Crippen molar-refractivity contribution < 1.29 is 9.36 Å². The zero-order chi connectivity index (χ0) is 18.8. The predicted octanol–water partition coefficient (Wildman–Crippen LogP) is 3.14. The minimum Gasteiger partial charge on any atom is -0.305 e. The van der Waals surface area contributed by atoms with Gasteiger partial charge >= 0.3 is 0 Å². The molecule has 0 aliphatic heterocycles. The van der Waals surface area contributed by atoms with E-state index in [4.69, 9.17) is 11.6 Å². The van der Waals surface area contributed by atoms with E-state index in [2.05, 4.69) is 9.97 Å². The van der Waals surface area contributed by atoms with Crippen molar-refractivity contribution in [2.24, 2.45) is 0 Å². The Morgan fingerprint density at radius 3 is 2.44 bits per heavy atom. The molecule has 4 aromatic rings. The summed E-state index contributed by atoms with van der Waals surface area (Å²) >= 11 is 5.99. The van der Waals surface area contributed by atoms with Gasteiger partial charge in [-0.15, -0.1) is 0 Å². The summed E-state index contributed by atoms with van der Waals surface area (Å²) in [6.45, 7) is 0.373. The summed E-state index contributed by atoms with van der Waals surface area (Å²) in [7, 11) is 0. The van der Waals surface area contributed by atoms with Crippen LogP contribution in [0.2, 0.25) is 5.02 Å². The number of benzene rings is 2. The summed E-state index contributed by atoms with van der Waals surface area (Å²) in [6.07, 6.45) is 3.58. The molecule has 0 fully saturated rings. The number of carbonyl (C=O) groups excluding carboxylic acids is 1. The van der Waals surface area contributed by atoms with Crippen molar-refractivity contribution in [2.45, 2.75) is 6.54 Å². The molecule has 0 atom stereocenters. The second kappa shape index (κ2) is 7.13. The van der Waals surface area contributed by atoms with Gasteiger partial charge in [-0.25, -0.2) is 4.98 Å². The number of pyridine rings is 1. The molecule has 0 aliphatic carbocycles. The molecule has 0 unspecified atom stereocenters. The number of H-pyrrole nitrogens is 1. The minimum atomic E-state index is -0.205. The molecule has 0 bridgehead atoms. The van der Waals surface area contributed by atoms with Crippen molar-refractivity contribution in [2.75, 3.05) is 0 Å². The average molecular weight is 377 g/mol. The maximum Gasteiger partial charge on any atom is 0.258 e. The molecule has 0 amide bonds. The minimum absolute atomic E-state index is 0.0328. The second-order valence-electron chi connectivity index (χ2n) is 6.13. The number of carbonyl (C=O) groups is 1. The Balaban J connectivity index is 1.59. The van der Waals surface area contributed by atoms with Crippen molar-refractivity contribution in [1.29, 1.82) is 0 Å². The quantitative estimate of drug-likeness (QED) is 0.439. The zero-order valence-electron chi connectivity index (χ0n) is 14.2. The second-order valence-corrected chi connectivity index (χ2v) is 6.56. The van der Waals surface area contributed by atoms with E-state index in [1.54, 1.807) is 54.9 Å². The van der Waals surface area contributed by atoms with E-state index in [-0.39, 0.29) is 11.3 Å². The third kappa shape index (κ3) is 3.64. The molecule has 6 heteroatoms. The van der Waals surface area contributed by atoms with Crippen LogP contribution < -0.4 is 10.1 Å². The van der Waals surface area contributed by atoms with Crippen LogP contribution in [0.25, 0.3) is 10.9 Å². The lowest BCUT2D eigenvalue weighted by atomic mass is 10.0. The highest BCUT2D eigenvalue weighted by atomic mass is 35.5. The van der Waals surface area contributed by atoms with Gasteiger partial charge < -0.3 is 4.98 Å². The smallest absolute Gasteiger partial charge is 0.258 e. The molecule has 2 aromatic heterocycles. The van der Waals surface area contributed by atoms with Crippen LogP contribution in [-0.2, 0) is 6.54 Å². The maximum atomic E-state index is 12.5. The highest BCUT2D eigenvalue weighted by Gasteiger charge is 2.12. The number of nitrogens with zero attached hydrogens (tertiary/aromatic N) is 2. The fourth-order valence-electron chi connectivity index (χ4n) is 2.88. The first-order valence-corrected chi connectivity index (χ1v) is 8.75. The fourth-order valence-corrected chi connectivity index (χ4v) is 3.05. The molecule has 0 saturated heterocycles. The highest BCUT2D eigenvalue weighted by molar-refractivity contribution is 6.31. The Hall–Kier alpha value is -3.31. The van der Waals surface area contributed by atoms with Crippen LogP contribution in [0, 0.1) is 0 Å². The van der Waals surface area contributed by atoms with Gasteiger partial charge in [0.2, 0.25) is 6.54 Å². The summed E-state index contributed by atoms with van der Waals surface area (Å²) in [4.78, 5) is 31.9. The number of aromatic amines is 1. The molecule has 27 heavy (non-hydrogen) atoms. The number of hydrogen-bond acceptors (Lipinski definition) is 3. The summed E-state index contributed by atoms with van der Waals surface area (Å²) in [5, 5.41) is 1.03. The van der Waals surface area contributed by atoms with Crippen LogP contribution >= 0.6 is 11.6 Å². The van der Waals surface area contributed by atoms with Gasteiger partial charge in [0.15, 0.2) is 24.0 Å². The molecular weight excluding hydrogens is 362 g/mol. The van der Waals surface area contributed by atoms with Gasteiger partial charge in [-0.1, -0.05) is 41.9 Å². The number of nitrogens with one attached hydrogen (secondary N) is 1. The van der Waals surface area contributed by atoms with E-state index in [1.165, 1.54) is 0 Å². The topological polar surface area (TPSA) is 66.7 Å². The molecule has 132 valence electrons. The van der Waals surface area contributed by atoms with Crippen LogP contribution in [0.15, 0.2) is 77.9 Å². The van der Waals surface area contributed by atoms with Gasteiger partial charge in [0.1, 0.15) is 0 Å². The lowest BCUT2D eigenvalue weighted by molar-refractivity contribution is -0.689. The molecule has 2 heterocycles. The van der Waals surface area contributed by atoms with Crippen molar-refractivity contribution >= 4 is 28.3 Å². The van der Waals surface area contributed by atoms with Crippen molar-refractivity contribution in [1.82, 2.24) is 9.97 Å². The van der Waals surface area contributed by atoms with Crippen LogP contribution in [0.3, 0.4) is 0 Å². The molecule has 1 N–H and O–H groups in total. The van der Waals surface area contributed by atoms with Crippen LogP contribution in [0.4, 0.5) is 0 Å². The maximum absolute atomic E-state index is 12.5. The molecular formula is C21H15ClN3O2+. The lowest BCUT2D eigenvalue weighted by Crippen LogP contribution is -2.35. The van der Waals surface area contributed by atoms with Gasteiger partial charge in [-0.2, -0.15) is 4.57 Å². The average Bonchev–Trinajstić information content (AvgIpc) is 2.68. The number of halogens is 1. The number of aromatic nitrogens is 3. The predicted molar refractivity (Wildman–Crippen MR) is 103 cm³/mol. The largest absolute Gasteiger partial charge is 0.305 e. The Morgan fingerprint density at radius 2 is 1.70 bits per heavy atom. The Labute approximate surface area is 159 Å². The van der Waals surface area contributed by atoms with Gasteiger partial charge in [0.05, 0.1) is 10.9 Å². The normalized spacial score (nSPS) is 10.9. The van der Waals surface area contributed by atoms with Crippen molar-refractivity contribution in [3.8, 4) is 0 Å². The van der Waals surface area contributed by atoms with Crippen LogP contribution in [0.1, 0.15) is 21.7 Å². The first-order valence-electron chi connectivity index (χ1n) is 8.37. The van der Waals surface area contributed by atoms with Gasteiger partial charge in [-0.3, -0.25) is 9.59 Å². The van der Waals surface area contributed by atoms with Gasteiger partial charge in [0, 0.05) is 28.3 Å². The first kappa shape index (κ1) is 17.1. The molecule has 0 aliphatic rings. The number of hydrogen-bond donors (Lipinski definition) is 1. The van der Waals surface area contributed by atoms with Gasteiger partial charge in [0.25, 0.3) is 5.56 Å². The molecule has 0 spiro atoms. The molecule has 2 aromatic carbocycles. The molecule has 4 rings (SSSR count). The van der Waals surface area contributed by atoms with E-state index >= 15 is 0 Å². The fraction of sp³-hybridized carbons (Fsp3) is 0.0476. The van der Waals surface area contributed by atoms with E-state index in [9.17, 15) is 9.59 Å². The summed E-state index contributed by atoms with van der Waals surface area (Å²) in [5.74, 6) is 0.483. The van der Waals surface area contributed by atoms with E-state index in [0.29, 0.717) is 39.4 Å². The van der Waals surface area contributed by atoms with E-state index in [1.807, 2.05) is 22.8 Å². The zero-order valence-corrected chi connectivity index (χ0v) is 15.0. The lowest BCUT2D eigenvalue weighted by Gasteiger charge is -2.03. The molecule has 0 saturated carbocycles. The third-order valence-corrected chi connectivity index (χ3v) is 4.47. The molecule has 0 radical (unpaired) electrons. The Morgan fingerprint density at radius 1 is 1.00 bits per heavy atom. The summed E-state index contributed by atoms with van der Waals surface area (Å²) in [6, 6.07) is 17.6. The summed E-state index contributed by atoms with van der Waals surface area (Å²) < 4.78 is 1.84. The SMILES string of the molecule is O=C(c1ccccc1)c1cc[n+](Cc2nc3cc(Cl)ccc3c(=O)[nH]2)cc1. The van der Waals surface area contributed by atoms with E-state index in [0.717, 1.165) is 0 Å². The van der Waals surface area contributed by atoms with Crippen LogP contribution in [-0.4, -0.2) is 15.8 Å². The Bertz CT molecular complexity index is 1190. The summed E-state index contributed by atoms with van der Waals surface area (Å²) in [5.41, 5.74) is 1.60. The monoisotopic (exact) mass is 376 g/mol. The third-order valence-electron chi connectivity index (χ3n) is 4.24. The van der Waals surface area contributed by atoms with Crippen molar-refractivity contribution in [3.63, 3.8) is 0 Å². The van der Waals surface area contributed by atoms with Crippen molar-refractivity contribution in [3.05, 3.63) is 105 Å². The van der Waals surface area contributed by atoms with Gasteiger partial charge in [-0.05, 0) is 18.2 Å². The number of fused-ring (bicyclic) bond motifs is 1. The standard InChI is InChI=1S/C21H14ClN3O2/c22-16-6-7-17-18(12-16)23-19(24-21(17)27)13-25-10-8-15(9-11-25)20(26)14-4-2-1-3-5-14/h1-12H,13H2/p+1. The molecule has 5 nitrogen and oxygen atoms in total. The van der Waals surface area contributed by atoms with Crippen LogP contribution in [0.5, 0.6) is 0 Å². The van der Waals surface area contributed by atoms with E-state index < -0.39 is 0 Å². The number of rotatable bonds is 4. The highest BCUT2D eigenvalue weighted by Crippen LogP contribution is 2.14. The Kier molecular flexibility index (Phi) is 4.52.